The monoisotopic (exact) mass is 506 g/mol. The smallest absolute Gasteiger partial charge is 0.330 e. The van der Waals surface area contributed by atoms with Crippen molar-refractivity contribution in [3.8, 4) is 0 Å². The maximum absolute atomic E-state index is 13.4. The lowest BCUT2D eigenvalue weighted by Gasteiger charge is -2.22. The van der Waals surface area contributed by atoms with Crippen molar-refractivity contribution in [2.75, 3.05) is 0 Å². The molecular weight excluding hydrogens is 480 g/mol. The molecule has 4 rings (SSSR count). The summed E-state index contributed by atoms with van der Waals surface area (Å²) in [5, 5.41) is 2.94. The Morgan fingerprint density at radius 2 is 1.42 bits per heavy atom. The van der Waals surface area contributed by atoms with Gasteiger partial charge in [0.2, 0.25) is 15.9 Å². The Labute approximate surface area is 208 Å². The second-order valence-electron chi connectivity index (χ2n) is 8.49. The number of nitrogens with one attached hydrogen (secondary N) is 2. The highest BCUT2D eigenvalue weighted by Gasteiger charge is 2.29. The first-order valence-corrected chi connectivity index (χ1v) is 12.7. The molecule has 36 heavy (non-hydrogen) atoms. The Balaban J connectivity index is 1.71. The number of hydrogen-bond acceptors (Lipinski definition) is 5. The Morgan fingerprint density at radius 1 is 0.833 bits per heavy atom. The van der Waals surface area contributed by atoms with E-state index in [0.29, 0.717) is 11.1 Å². The first-order valence-electron chi connectivity index (χ1n) is 11.2. The molecule has 4 aromatic rings. The maximum Gasteiger partial charge on any atom is 0.330 e. The van der Waals surface area contributed by atoms with E-state index < -0.39 is 33.2 Å². The molecule has 0 fully saturated rings. The van der Waals surface area contributed by atoms with Gasteiger partial charge in [-0.3, -0.25) is 18.7 Å². The molecule has 10 heteroatoms. The molecule has 0 radical (unpaired) electrons. The minimum atomic E-state index is -4.24. The summed E-state index contributed by atoms with van der Waals surface area (Å²) >= 11 is 0. The van der Waals surface area contributed by atoms with Crippen LogP contribution in [0.2, 0.25) is 0 Å². The highest BCUT2D eigenvalue weighted by Crippen LogP contribution is 2.21. The fraction of sp³-hybridized carbons (Fsp3) is 0.192. The highest BCUT2D eigenvalue weighted by molar-refractivity contribution is 7.89. The summed E-state index contributed by atoms with van der Waals surface area (Å²) < 4.78 is 31.5. The molecule has 1 heterocycles. The number of sulfonamides is 1. The van der Waals surface area contributed by atoms with Crippen molar-refractivity contribution in [2.24, 2.45) is 14.1 Å². The summed E-state index contributed by atoms with van der Waals surface area (Å²) in [6.45, 7) is 1.81. The minimum absolute atomic E-state index is 0.0703. The van der Waals surface area contributed by atoms with E-state index in [2.05, 4.69) is 10.0 Å². The number of nitrogens with zero attached hydrogens (tertiary/aromatic N) is 2. The number of rotatable bonds is 7. The van der Waals surface area contributed by atoms with E-state index in [0.717, 1.165) is 10.1 Å². The van der Waals surface area contributed by atoms with Crippen molar-refractivity contribution >= 4 is 26.8 Å². The lowest BCUT2D eigenvalue weighted by Crippen LogP contribution is -2.41. The van der Waals surface area contributed by atoms with Crippen LogP contribution in [0.15, 0.2) is 93.3 Å². The third-order valence-electron chi connectivity index (χ3n) is 6.08. The lowest BCUT2D eigenvalue weighted by molar-refractivity contribution is -0.123. The first kappa shape index (κ1) is 25.1. The van der Waals surface area contributed by atoms with Crippen LogP contribution in [-0.4, -0.2) is 23.5 Å². The molecule has 3 aromatic carbocycles. The molecule has 0 saturated heterocycles. The van der Waals surface area contributed by atoms with Crippen LogP contribution >= 0.6 is 0 Å². The summed E-state index contributed by atoms with van der Waals surface area (Å²) in [6, 6.07) is 20.2. The third-order valence-corrected chi connectivity index (χ3v) is 7.50. The molecule has 186 valence electrons. The Bertz CT molecular complexity index is 1650. The molecule has 2 N–H and O–H groups in total. The lowest BCUT2D eigenvalue weighted by atomic mass is 10.1. The summed E-state index contributed by atoms with van der Waals surface area (Å²) in [6.07, 6.45) is 0. The summed E-state index contributed by atoms with van der Waals surface area (Å²) in [4.78, 5) is 38.0. The predicted molar refractivity (Wildman–Crippen MR) is 137 cm³/mol. The molecule has 9 nitrogen and oxygen atoms in total. The Morgan fingerprint density at radius 3 is 2.03 bits per heavy atom. The quantitative estimate of drug-likeness (QED) is 0.398. The van der Waals surface area contributed by atoms with E-state index in [1.165, 1.54) is 36.9 Å². The molecule has 0 aliphatic heterocycles. The van der Waals surface area contributed by atoms with E-state index in [1.807, 2.05) is 37.3 Å². The van der Waals surface area contributed by atoms with Gasteiger partial charge in [-0.2, -0.15) is 4.72 Å². The van der Waals surface area contributed by atoms with Crippen molar-refractivity contribution in [3.63, 3.8) is 0 Å². The zero-order chi connectivity index (χ0) is 26.0. The van der Waals surface area contributed by atoms with Gasteiger partial charge in [0.25, 0.3) is 5.56 Å². The van der Waals surface area contributed by atoms with Gasteiger partial charge in [0.05, 0.1) is 21.8 Å². The number of amides is 1. The van der Waals surface area contributed by atoms with Gasteiger partial charge in [-0.1, -0.05) is 60.7 Å². The van der Waals surface area contributed by atoms with E-state index >= 15 is 0 Å². The SMILES string of the molecule is C[C@H](NC(=O)[C@H](NS(=O)(=O)c1ccc2c(c1)c(=O)n(C)c(=O)n2C)c1ccccc1)c1ccccc1. The number of carbonyl (C=O) groups excluding carboxylic acids is 1. The van der Waals surface area contributed by atoms with Gasteiger partial charge in [-0.15, -0.1) is 0 Å². The molecule has 0 spiro atoms. The van der Waals surface area contributed by atoms with Crippen molar-refractivity contribution in [2.45, 2.75) is 23.9 Å². The van der Waals surface area contributed by atoms with Crippen LogP contribution in [0.1, 0.15) is 30.1 Å². The molecule has 1 aromatic heterocycles. The van der Waals surface area contributed by atoms with Gasteiger partial charge >= 0.3 is 5.69 Å². The van der Waals surface area contributed by atoms with Gasteiger partial charge in [-0.25, -0.2) is 13.2 Å². The number of aromatic nitrogens is 2. The second-order valence-corrected chi connectivity index (χ2v) is 10.2. The van der Waals surface area contributed by atoms with Crippen LogP contribution in [-0.2, 0) is 28.9 Å². The topological polar surface area (TPSA) is 119 Å². The van der Waals surface area contributed by atoms with Gasteiger partial charge in [0.1, 0.15) is 6.04 Å². The summed E-state index contributed by atoms with van der Waals surface area (Å²) in [5.41, 5.74) is 0.499. The molecule has 0 bridgehead atoms. The zero-order valence-corrected chi connectivity index (χ0v) is 20.8. The molecule has 1 amide bonds. The molecule has 0 aliphatic carbocycles. The molecule has 0 aliphatic rings. The summed E-state index contributed by atoms with van der Waals surface area (Å²) in [7, 11) is -1.42. The number of fused-ring (bicyclic) bond motifs is 1. The van der Waals surface area contributed by atoms with Crippen LogP contribution in [0.5, 0.6) is 0 Å². The third kappa shape index (κ3) is 4.86. The standard InChI is InChI=1S/C26H26N4O5S/c1-17(18-10-6-4-7-11-18)27-24(31)23(19-12-8-5-9-13-19)28-36(34,35)20-14-15-22-21(16-20)25(32)30(3)26(33)29(22)2/h4-17,23,28H,1-3H3,(H,27,31)/t17-,23+/m0/s1. The van der Waals surface area contributed by atoms with Gasteiger partial charge in [0, 0.05) is 14.1 Å². The van der Waals surface area contributed by atoms with Crippen LogP contribution in [0.25, 0.3) is 10.9 Å². The fourth-order valence-electron chi connectivity index (χ4n) is 4.01. The average molecular weight is 507 g/mol. The molecular formula is C26H26N4O5S. The van der Waals surface area contributed by atoms with Crippen LogP contribution in [0.3, 0.4) is 0 Å². The van der Waals surface area contributed by atoms with E-state index in [9.17, 15) is 22.8 Å². The number of hydrogen-bond donors (Lipinski definition) is 2. The van der Waals surface area contributed by atoms with Crippen molar-refractivity contribution in [1.82, 2.24) is 19.2 Å². The van der Waals surface area contributed by atoms with Gasteiger partial charge < -0.3 is 5.32 Å². The maximum atomic E-state index is 13.4. The number of aryl methyl sites for hydroxylation is 1. The molecule has 2 atom stereocenters. The van der Waals surface area contributed by atoms with Crippen LogP contribution in [0, 0.1) is 0 Å². The van der Waals surface area contributed by atoms with E-state index in [1.54, 1.807) is 30.3 Å². The van der Waals surface area contributed by atoms with E-state index in [-0.39, 0.29) is 16.3 Å². The zero-order valence-electron chi connectivity index (χ0n) is 20.0. The second kappa shape index (κ2) is 9.92. The Hall–Kier alpha value is -4.02. The average Bonchev–Trinajstić information content (AvgIpc) is 2.89. The molecule has 0 unspecified atom stereocenters. The largest absolute Gasteiger partial charge is 0.348 e. The van der Waals surface area contributed by atoms with Gasteiger partial charge in [-0.05, 0) is 36.2 Å². The first-order chi connectivity index (χ1) is 17.1. The normalized spacial score (nSPS) is 13.3. The van der Waals surface area contributed by atoms with Crippen molar-refractivity contribution in [1.29, 1.82) is 0 Å². The fourth-order valence-corrected chi connectivity index (χ4v) is 5.21. The highest BCUT2D eigenvalue weighted by atomic mass is 32.2. The predicted octanol–water partition coefficient (Wildman–Crippen LogP) is 2.13. The Kier molecular flexibility index (Phi) is 6.91. The van der Waals surface area contributed by atoms with Crippen molar-refractivity contribution < 1.29 is 13.2 Å². The minimum Gasteiger partial charge on any atom is -0.348 e. The number of benzene rings is 3. The number of carbonyl (C=O) groups is 1. The van der Waals surface area contributed by atoms with Crippen LogP contribution in [0.4, 0.5) is 0 Å². The van der Waals surface area contributed by atoms with E-state index in [4.69, 9.17) is 0 Å². The van der Waals surface area contributed by atoms with Crippen molar-refractivity contribution in [3.05, 3.63) is 111 Å². The van der Waals surface area contributed by atoms with Crippen LogP contribution < -0.4 is 21.3 Å². The molecule has 0 saturated carbocycles. The van der Waals surface area contributed by atoms with Gasteiger partial charge in [0.15, 0.2) is 0 Å². The summed E-state index contributed by atoms with van der Waals surface area (Å²) in [5.74, 6) is -0.528.